The van der Waals surface area contributed by atoms with Gasteiger partial charge in [-0.25, -0.2) is 0 Å². The molecule has 0 saturated carbocycles. The Bertz CT molecular complexity index is 1080. The van der Waals surface area contributed by atoms with Gasteiger partial charge in [0, 0.05) is 18.5 Å². The van der Waals surface area contributed by atoms with Gasteiger partial charge in [0.15, 0.2) is 0 Å². The van der Waals surface area contributed by atoms with E-state index in [-0.39, 0.29) is 17.4 Å². The lowest BCUT2D eigenvalue weighted by molar-refractivity contribution is -0.140. The zero-order chi connectivity index (χ0) is 23.7. The standard InChI is InChI=1S/C26H32N2O5/c1-5-27(6-2)12-7-13-28-23(21-10-8-16(3)32-21)22(25(30)26(28)31)24(29)18-9-11-20-19(15-18)14-17(4)33-20/h8-11,15,17,23,29H,5-7,12-14H2,1-4H3/t17-,23-/m1/s1. The third-order valence-electron chi connectivity index (χ3n) is 6.51. The number of Topliss-reactive ketones (excluding diaryl/α,β-unsaturated/α-hetero) is 1. The van der Waals surface area contributed by atoms with E-state index in [2.05, 4.69) is 18.7 Å². The number of aliphatic hydroxyl groups excluding tert-OH is 1. The predicted octanol–water partition coefficient (Wildman–Crippen LogP) is 4.07. The third-order valence-corrected chi connectivity index (χ3v) is 6.51. The monoisotopic (exact) mass is 452 g/mol. The zero-order valence-electron chi connectivity index (χ0n) is 19.8. The van der Waals surface area contributed by atoms with Gasteiger partial charge >= 0.3 is 0 Å². The second kappa shape index (κ2) is 9.43. The molecule has 1 N–H and O–H groups in total. The Hall–Kier alpha value is -3.06. The highest BCUT2D eigenvalue weighted by Crippen LogP contribution is 2.41. The summed E-state index contributed by atoms with van der Waals surface area (Å²) in [7, 11) is 0. The molecule has 176 valence electrons. The molecule has 33 heavy (non-hydrogen) atoms. The van der Waals surface area contributed by atoms with Gasteiger partial charge in [-0.3, -0.25) is 9.59 Å². The topological polar surface area (TPSA) is 83.2 Å². The first-order chi connectivity index (χ1) is 15.8. The van der Waals surface area contributed by atoms with Crippen molar-refractivity contribution >= 4 is 17.4 Å². The summed E-state index contributed by atoms with van der Waals surface area (Å²) in [6.07, 6.45) is 1.52. The van der Waals surface area contributed by atoms with Crippen LogP contribution in [0.4, 0.5) is 0 Å². The van der Waals surface area contributed by atoms with Gasteiger partial charge in [-0.15, -0.1) is 0 Å². The largest absolute Gasteiger partial charge is 0.507 e. The van der Waals surface area contributed by atoms with E-state index in [1.165, 1.54) is 4.90 Å². The molecule has 4 rings (SSSR count). The fourth-order valence-corrected chi connectivity index (χ4v) is 4.74. The molecule has 7 heteroatoms. The predicted molar refractivity (Wildman–Crippen MR) is 125 cm³/mol. The number of fused-ring (bicyclic) bond motifs is 1. The number of aliphatic hydroxyl groups is 1. The fourth-order valence-electron chi connectivity index (χ4n) is 4.74. The molecule has 7 nitrogen and oxygen atoms in total. The average Bonchev–Trinajstić information content (AvgIpc) is 3.46. The minimum atomic E-state index is -0.751. The molecule has 0 aliphatic carbocycles. The van der Waals surface area contributed by atoms with Crippen LogP contribution in [-0.4, -0.2) is 58.9 Å². The van der Waals surface area contributed by atoms with Gasteiger partial charge in [0.2, 0.25) is 0 Å². The zero-order valence-corrected chi connectivity index (χ0v) is 19.8. The van der Waals surface area contributed by atoms with Crippen LogP contribution in [0.15, 0.2) is 40.3 Å². The van der Waals surface area contributed by atoms with Crippen LogP contribution in [0, 0.1) is 6.92 Å². The number of carbonyl (C=O) groups excluding carboxylic acids is 2. The van der Waals surface area contributed by atoms with E-state index < -0.39 is 17.7 Å². The van der Waals surface area contributed by atoms with Crippen molar-refractivity contribution in [3.05, 3.63) is 58.6 Å². The summed E-state index contributed by atoms with van der Waals surface area (Å²) in [6, 6.07) is 8.20. The Morgan fingerprint density at radius 1 is 1.18 bits per heavy atom. The molecule has 2 aliphatic rings. The number of amides is 1. The van der Waals surface area contributed by atoms with E-state index in [1.54, 1.807) is 24.3 Å². The number of nitrogens with zero attached hydrogens (tertiary/aromatic N) is 2. The van der Waals surface area contributed by atoms with Crippen molar-refractivity contribution in [3.8, 4) is 5.75 Å². The number of hydrogen-bond acceptors (Lipinski definition) is 6. The van der Waals surface area contributed by atoms with Gasteiger partial charge in [-0.05, 0) is 75.8 Å². The SMILES string of the molecule is CCN(CC)CCCN1C(=O)C(=O)C(=C(O)c2ccc3c(c2)C[C@@H](C)O3)[C@H]1c1ccc(C)o1. The van der Waals surface area contributed by atoms with Gasteiger partial charge in [-0.1, -0.05) is 13.8 Å². The molecule has 0 spiro atoms. The van der Waals surface area contributed by atoms with E-state index in [1.807, 2.05) is 19.9 Å². The Labute approximate surface area is 194 Å². The highest BCUT2D eigenvalue weighted by Gasteiger charge is 2.47. The normalized spacial score (nSPS) is 21.7. The summed E-state index contributed by atoms with van der Waals surface area (Å²) in [4.78, 5) is 30.0. The summed E-state index contributed by atoms with van der Waals surface area (Å²) < 4.78 is 11.6. The average molecular weight is 453 g/mol. The smallest absolute Gasteiger partial charge is 0.295 e. The number of furan rings is 1. The molecule has 1 amide bonds. The summed E-state index contributed by atoms with van der Waals surface area (Å²) in [5, 5.41) is 11.2. The molecule has 3 heterocycles. The van der Waals surface area contributed by atoms with Gasteiger partial charge in [-0.2, -0.15) is 0 Å². The second-order valence-electron chi connectivity index (χ2n) is 8.78. The molecule has 2 atom stereocenters. The summed E-state index contributed by atoms with van der Waals surface area (Å²) in [5.74, 6) is 0.486. The van der Waals surface area contributed by atoms with Crippen LogP contribution in [-0.2, 0) is 16.0 Å². The summed E-state index contributed by atoms with van der Waals surface area (Å²) in [6.45, 7) is 11.1. The quantitative estimate of drug-likeness (QED) is 0.369. The van der Waals surface area contributed by atoms with Crippen molar-refractivity contribution in [1.82, 2.24) is 9.80 Å². The number of hydrogen-bond donors (Lipinski definition) is 1. The Balaban J connectivity index is 1.70. The van der Waals surface area contributed by atoms with E-state index >= 15 is 0 Å². The Kier molecular flexibility index (Phi) is 6.61. The van der Waals surface area contributed by atoms with Crippen molar-refractivity contribution in [1.29, 1.82) is 0 Å². The minimum Gasteiger partial charge on any atom is -0.507 e. The Morgan fingerprint density at radius 2 is 1.94 bits per heavy atom. The van der Waals surface area contributed by atoms with Crippen LogP contribution >= 0.6 is 0 Å². The van der Waals surface area contributed by atoms with Crippen molar-refractivity contribution in [2.45, 2.75) is 52.7 Å². The van der Waals surface area contributed by atoms with Crippen molar-refractivity contribution in [2.75, 3.05) is 26.2 Å². The minimum absolute atomic E-state index is 0.0693. The van der Waals surface area contributed by atoms with Crippen LogP contribution in [0.3, 0.4) is 0 Å². The highest BCUT2D eigenvalue weighted by molar-refractivity contribution is 6.46. The maximum atomic E-state index is 13.1. The number of likely N-dealkylation sites (tertiary alicyclic amines) is 1. The third kappa shape index (κ3) is 4.42. The van der Waals surface area contributed by atoms with Crippen molar-refractivity contribution in [3.63, 3.8) is 0 Å². The van der Waals surface area contributed by atoms with Gasteiger partial charge in [0.05, 0.1) is 5.57 Å². The number of carbonyl (C=O) groups is 2. The van der Waals surface area contributed by atoms with Crippen LogP contribution in [0.1, 0.15) is 55.9 Å². The number of benzene rings is 1. The van der Waals surface area contributed by atoms with Crippen molar-refractivity contribution < 1.29 is 23.8 Å². The summed E-state index contributed by atoms with van der Waals surface area (Å²) in [5.41, 5.74) is 1.55. The number of aryl methyl sites for hydroxylation is 1. The molecule has 2 aromatic rings. The lowest BCUT2D eigenvalue weighted by Crippen LogP contribution is -2.33. The first-order valence-corrected chi connectivity index (χ1v) is 11.7. The van der Waals surface area contributed by atoms with Gasteiger partial charge < -0.3 is 24.1 Å². The number of rotatable bonds is 8. The van der Waals surface area contributed by atoms with Crippen LogP contribution in [0.2, 0.25) is 0 Å². The lowest BCUT2D eigenvalue weighted by atomic mass is 9.97. The van der Waals surface area contributed by atoms with Crippen LogP contribution in [0.5, 0.6) is 5.75 Å². The first kappa shape index (κ1) is 23.1. The molecule has 1 aromatic carbocycles. The first-order valence-electron chi connectivity index (χ1n) is 11.7. The maximum absolute atomic E-state index is 13.1. The second-order valence-corrected chi connectivity index (χ2v) is 8.78. The Morgan fingerprint density at radius 3 is 2.61 bits per heavy atom. The molecular formula is C26H32N2O5. The van der Waals surface area contributed by atoms with E-state index in [4.69, 9.17) is 9.15 Å². The molecule has 1 fully saturated rings. The lowest BCUT2D eigenvalue weighted by Gasteiger charge is -2.25. The van der Waals surface area contributed by atoms with Crippen molar-refractivity contribution in [2.24, 2.45) is 0 Å². The molecule has 0 bridgehead atoms. The number of ketones is 1. The molecule has 1 saturated heterocycles. The fraction of sp³-hybridized carbons (Fsp3) is 0.462. The highest BCUT2D eigenvalue weighted by atomic mass is 16.5. The van der Waals surface area contributed by atoms with Gasteiger partial charge in [0.25, 0.3) is 11.7 Å². The van der Waals surface area contributed by atoms with Gasteiger partial charge in [0.1, 0.15) is 35.2 Å². The maximum Gasteiger partial charge on any atom is 0.295 e. The molecule has 0 radical (unpaired) electrons. The molecule has 2 aliphatic heterocycles. The molecule has 0 unspecified atom stereocenters. The van der Waals surface area contributed by atoms with Crippen LogP contribution < -0.4 is 4.74 Å². The molecular weight excluding hydrogens is 420 g/mol. The molecule has 1 aromatic heterocycles. The van der Waals surface area contributed by atoms with E-state index in [0.717, 1.165) is 43.8 Å². The van der Waals surface area contributed by atoms with Crippen LogP contribution in [0.25, 0.3) is 5.76 Å². The van der Waals surface area contributed by atoms with E-state index in [0.29, 0.717) is 23.6 Å². The van der Waals surface area contributed by atoms with E-state index in [9.17, 15) is 14.7 Å². The summed E-state index contributed by atoms with van der Waals surface area (Å²) >= 11 is 0. The number of ether oxygens (including phenoxy) is 1.